The number of carbonyl (C=O) groups is 2. The minimum Gasteiger partial charge on any atom is -0.480 e. The molecule has 0 aromatic heterocycles. The van der Waals surface area contributed by atoms with E-state index in [1.165, 1.54) is 11.8 Å². The first-order chi connectivity index (χ1) is 8.68. The lowest BCUT2D eigenvalue weighted by atomic mass is 9.88. The molecule has 7 heteroatoms. The van der Waals surface area contributed by atoms with Gasteiger partial charge in [0.1, 0.15) is 11.3 Å². The molecule has 1 amide bonds. The Kier molecular flexibility index (Phi) is 4.95. The van der Waals surface area contributed by atoms with E-state index in [2.05, 4.69) is 0 Å². The maximum atomic E-state index is 12.1. The van der Waals surface area contributed by atoms with E-state index in [1.54, 1.807) is 0 Å². The third-order valence-corrected chi connectivity index (χ3v) is 5.33. The summed E-state index contributed by atoms with van der Waals surface area (Å²) in [6.07, 6.45) is 2.98. The highest BCUT2D eigenvalue weighted by molar-refractivity contribution is 7.92. The molecule has 1 rings (SSSR count). The van der Waals surface area contributed by atoms with Crippen LogP contribution in [-0.4, -0.2) is 54.4 Å². The first-order valence-electron chi connectivity index (χ1n) is 6.40. The Hall–Kier alpha value is -1.11. The summed E-state index contributed by atoms with van der Waals surface area (Å²) in [6.45, 7) is 3.61. The van der Waals surface area contributed by atoms with Crippen LogP contribution in [0.2, 0.25) is 0 Å². The van der Waals surface area contributed by atoms with E-state index in [1.807, 2.05) is 6.92 Å². The molecule has 0 aromatic carbocycles. The normalized spacial score (nSPS) is 25.9. The van der Waals surface area contributed by atoms with Crippen molar-refractivity contribution < 1.29 is 23.1 Å². The number of amides is 1. The third kappa shape index (κ3) is 3.68. The maximum absolute atomic E-state index is 12.1. The van der Waals surface area contributed by atoms with Crippen molar-refractivity contribution in [1.29, 1.82) is 0 Å². The van der Waals surface area contributed by atoms with Gasteiger partial charge in [-0.2, -0.15) is 0 Å². The summed E-state index contributed by atoms with van der Waals surface area (Å²) in [7, 11) is -3.50. The second-order valence-corrected chi connectivity index (χ2v) is 7.52. The van der Waals surface area contributed by atoms with Crippen molar-refractivity contribution in [2.45, 2.75) is 44.4 Å². The van der Waals surface area contributed by atoms with Crippen LogP contribution in [0, 0.1) is 5.92 Å². The Morgan fingerprint density at radius 2 is 2.00 bits per heavy atom. The van der Waals surface area contributed by atoms with Gasteiger partial charge >= 0.3 is 5.97 Å². The fourth-order valence-electron chi connectivity index (χ4n) is 2.32. The van der Waals surface area contributed by atoms with E-state index >= 15 is 0 Å². The van der Waals surface area contributed by atoms with Crippen molar-refractivity contribution in [3.63, 3.8) is 0 Å². The molecule has 1 fully saturated rings. The largest absolute Gasteiger partial charge is 0.480 e. The van der Waals surface area contributed by atoms with Crippen LogP contribution in [0.15, 0.2) is 0 Å². The summed E-state index contributed by atoms with van der Waals surface area (Å²) in [5, 5.41) is 8.02. The second-order valence-electron chi connectivity index (χ2n) is 5.16. The number of likely N-dealkylation sites (tertiary alicyclic amines) is 1. The molecule has 110 valence electrons. The number of hydrogen-bond donors (Lipinski definition) is 1. The topological polar surface area (TPSA) is 91.8 Å². The fourth-order valence-corrected chi connectivity index (χ4v) is 2.83. The molecule has 0 spiro atoms. The highest BCUT2D eigenvalue weighted by Crippen LogP contribution is 2.26. The molecule has 1 saturated heterocycles. The van der Waals surface area contributed by atoms with Crippen LogP contribution in [0.25, 0.3) is 0 Å². The summed E-state index contributed by atoms with van der Waals surface area (Å²) in [5.74, 6) is -1.39. The predicted octanol–water partition coefficient (Wildman–Crippen LogP) is 0.521. The molecule has 0 radical (unpaired) electrons. The van der Waals surface area contributed by atoms with E-state index in [0.29, 0.717) is 13.0 Å². The molecule has 1 heterocycles. The SMILES string of the molecule is CCC1CCN(C(=O)C(C)S(C)(=O)=O)C(C(=O)O)C1. The summed E-state index contributed by atoms with van der Waals surface area (Å²) < 4.78 is 22.8. The smallest absolute Gasteiger partial charge is 0.326 e. The van der Waals surface area contributed by atoms with Crippen molar-refractivity contribution in [1.82, 2.24) is 4.90 Å². The quantitative estimate of drug-likeness (QED) is 0.815. The summed E-state index contributed by atoms with van der Waals surface area (Å²) in [5.41, 5.74) is 0. The summed E-state index contributed by atoms with van der Waals surface area (Å²) >= 11 is 0. The van der Waals surface area contributed by atoms with Crippen molar-refractivity contribution in [3.8, 4) is 0 Å². The number of rotatable bonds is 4. The number of piperidine rings is 1. The molecule has 0 saturated carbocycles. The minimum atomic E-state index is -3.50. The van der Waals surface area contributed by atoms with E-state index in [9.17, 15) is 23.1 Å². The number of nitrogens with zero attached hydrogens (tertiary/aromatic N) is 1. The third-order valence-electron chi connectivity index (χ3n) is 3.85. The Labute approximate surface area is 113 Å². The van der Waals surface area contributed by atoms with Gasteiger partial charge in [-0.15, -0.1) is 0 Å². The average molecular weight is 291 g/mol. The summed E-state index contributed by atoms with van der Waals surface area (Å²) in [6, 6.07) is -0.907. The van der Waals surface area contributed by atoms with Gasteiger partial charge in [-0.25, -0.2) is 13.2 Å². The predicted molar refractivity (Wildman–Crippen MR) is 70.5 cm³/mol. The highest BCUT2D eigenvalue weighted by atomic mass is 32.2. The van der Waals surface area contributed by atoms with Crippen LogP contribution >= 0.6 is 0 Å². The van der Waals surface area contributed by atoms with Crippen LogP contribution < -0.4 is 0 Å². The zero-order valence-electron chi connectivity index (χ0n) is 11.5. The zero-order valence-corrected chi connectivity index (χ0v) is 12.3. The first kappa shape index (κ1) is 15.9. The number of carboxylic acid groups (broad SMARTS) is 1. The van der Waals surface area contributed by atoms with Gasteiger partial charge in [0, 0.05) is 12.8 Å². The number of aliphatic carboxylic acids is 1. The van der Waals surface area contributed by atoms with Crippen LogP contribution in [0.4, 0.5) is 0 Å². The van der Waals surface area contributed by atoms with E-state index in [4.69, 9.17) is 0 Å². The molecular formula is C12H21NO5S. The number of carboxylic acids is 1. The zero-order chi connectivity index (χ0) is 14.8. The van der Waals surface area contributed by atoms with E-state index in [0.717, 1.165) is 19.1 Å². The van der Waals surface area contributed by atoms with Gasteiger partial charge in [-0.1, -0.05) is 13.3 Å². The number of carbonyl (C=O) groups excluding carboxylic acids is 1. The van der Waals surface area contributed by atoms with Crippen LogP contribution in [0.1, 0.15) is 33.1 Å². The standard InChI is InChI=1S/C12H21NO5S/c1-4-9-5-6-13(10(7-9)12(15)16)11(14)8(2)19(3,17)18/h8-10H,4-7H2,1-3H3,(H,15,16). The monoisotopic (exact) mass is 291 g/mol. The second kappa shape index (κ2) is 5.90. The molecule has 0 bridgehead atoms. The maximum Gasteiger partial charge on any atom is 0.326 e. The van der Waals surface area contributed by atoms with Gasteiger partial charge in [0.05, 0.1) is 0 Å². The Morgan fingerprint density at radius 1 is 1.42 bits per heavy atom. The van der Waals surface area contributed by atoms with Gasteiger partial charge in [0.15, 0.2) is 9.84 Å². The molecule has 0 aromatic rings. The van der Waals surface area contributed by atoms with Gasteiger partial charge < -0.3 is 10.0 Å². The molecule has 1 N–H and O–H groups in total. The van der Waals surface area contributed by atoms with Crippen molar-refractivity contribution in [3.05, 3.63) is 0 Å². The fraction of sp³-hybridized carbons (Fsp3) is 0.833. The van der Waals surface area contributed by atoms with Crippen molar-refractivity contribution in [2.75, 3.05) is 12.8 Å². The summed E-state index contributed by atoms with van der Waals surface area (Å²) in [4.78, 5) is 24.6. The van der Waals surface area contributed by atoms with Gasteiger partial charge in [-0.3, -0.25) is 4.79 Å². The molecular weight excluding hydrogens is 270 g/mol. The number of hydrogen-bond acceptors (Lipinski definition) is 4. The molecule has 1 aliphatic heterocycles. The van der Waals surface area contributed by atoms with Crippen molar-refractivity contribution >= 4 is 21.7 Å². The lowest BCUT2D eigenvalue weighted by molar-refractivity contribution is -0.152. The Bertz CT molecular complexity index is 459. The highest BCUT2D eigenvalue weighted by Gasteiger charge is 2.39. The van der Waals surface area contributed by atoms with Crippen LogP contribution in [0.3, 0.4) is 0 Å². The van der Waals surface area contributed by atoms with E-state index in [-0.39, 0.29) is 5.92 Å². The molecule has 1 aliphatic rings. The van der Waals surface area contributed by atoms with Gasteiger partial charge in [0.25, 0.3) is 0 Å². The Balaban J connectivity index is 2.92. The van der Waals surface area contributed by atoms with Gasteiger partial charge in [-0.05, 0) is 25.7 Å². The molecule has 3 atom stereocenters. The van der Waals surface area contributed by atoms with Crippen molar-refractivity contribution in [2.24, 2.45) is 5.92 Å². The lowest BCUT2D eigenvalue weighted by Gasteiger charge is -2.37. The number of sulfone groups is 1. The van der Waals surface area contributed by atoms with E-state index < -0.39 is 33.0 Å². The van der Waals surface area contributed by atoms with Crippen LogP contribution in [-0.2, 0) is 19.4 Å². The molecule has 19 heavy (non-hydrogen) atoms. The molecule has 3 unspecified atom stereocenters. The Morgan fingerprint density at radius 3 is 2.42 bits per heavy atom. The average Bonchev–Trinajstić information content (AvgIpc) is 2.35. The first-order valence-corrected chi connectivity index (χ1v) is 8.36. The van der Waals surface area contributed by atoms with Gasteiger partial charge in [0.2, 0.25) is 5.91 Å². The minimum absolute atomic E-state index is 0.277. The van der Waals surface area contributed by atoms with Crippen LogP contribution in [0.5, 0.6) is 0 Å². The molecule has 6 nitrogen and oxygen atoms in total. The lowest BCUT2D eigenvalue weighted by Crippen LogP contribution is -2.53. The molecule has 0 aliphatic carbocycles.